The average molecular weight is 392 g/mol. The van der Waals surface area contributed by atoms with Crippen molar-refractivity contribution < 1.29 is 9.18 Å². The van der Waals surface area contributed by atoms with Crippen LogP contribution >= 0.6 is 23.2 Å². The van der Waals surface area contributed by atoms with E-state index in [0.29, 0.717) is 21.6 Å². The Bertz CT molecular complexity index is 1000. The van der Waals surface area contributed by atoms with Gasteiger partial charge in [-0.15, -0.1) is 5.10 Å². The second-order valence-corrected chi connectivity index (χ2v) is 6.11. The van der Waals surface area contributed by atoms with Crippen LogP contribution in [0.3, 0.4) is 0 Å². The number of hydrogen-bond donors (Lipinski definition) is 1. The van der Waals surface area contributed by atoms with Crippen molar-refractivity contribution in [2.24, 2.45) is 0 Å². The van der Waals surface area contributed by atoms with Crippen molar-refractivity contribution in [2.75, 3.05) is 5.32 Å². The molecule has 0 aliphatic carbocycles. The van der Waals surface area contributed by atoms with E-state index >= 15 is 0 Å². The lowest BCUT2D eigenvalue weighted by atomic mass is 10.2. The van der Waals surface area contributed by atoms with Crippen molar-refractivity contribution >= 4 is 40.9 Å². The summed E-state index contributed by atoms with van der Waals surface area (Å²) in [6.07, 6.45) is 2.93. The molecule has 1 aromatic heterocycles. The Labute approximate surface area is 158 Å². The third-order valence-corrected chi connectivity index (χ3v) is 4.18. The maximum atomic E-state index is 14.0. The first kappa shape index (κ1) is 18.0. The number of halogens is 3. The smallest absolute Gasteiger partial charge is 0.248 e. The van der Waals surface area contributed by atoms with Crippen LogP contribution in [0.5, 0.6) is 0 Å². The van der Waals surface area contributed by atoms with E-state index in [4.69, 9.17) is 23.2 Å². The van der Waals surface area contributed by atoms with Crippen LogP contribution in [0, 0.1) is 12.7 Å². The van der Waals surface area contributed by atoms with Crippen LogP contribution in [0.15, 0.2) is 42.5 Å². The first-order valence-electron chi connectivity index (χ1n) is 7.43. The Morgan fingerprint density at radius 2 is 2.00 bits per heavy atom. The van der Waals surface area contributed by atoms with Gasteiger partial charge in [0.05, 0.1) is 10.0 Å². The van der Waals surface area contributed by atoms with Crippen LogP contribution in [0.1, 0.15) is 11.4 Å². The molecule has 0 fully saturated rings. The molecule has 0 saturated carbocycles. The predicted octanol–water partition coefficient (Wildman–Crippen LogP) is 4.07. The molecule has 1 amide bonds. The van der Waals surface area contributed by atoms with Crippen LogP contribution in [0.4, 0.5) is 10.1 Å². The highest BCUT2D eigenvalue weighted by molar-refractivity contribution is 6.42. The summed E-state index contributed by atoms with van der Waals surface area (Å²) >= 11 is 11.8. The molecule has 0 saturated heterocycles. The van der Waals surface area contributed by atoms with E-state index in [9.17, 15) is 9.18 Å². The zero-order valence-corrected chi connectivity index (χ0v) is 15.0. The standard InChI is InChI=1S/C17H12Cl2FN5O/c1-10-22-23-24-25(10)16-9-12(4-6-15(16)20)21-17(26)7-3-11-2-5-13(18)14(19)8-11/h2-9H,1H3,(H,21,26)/b7-3+. The highest BCUT2D eigenvalue weighted by atomic mass is 35.5. The van der Waals surface area contributed by atoms with Gasteiger partial charge in [-0.05, 0) is 59.3 Å². The van der Waals surface area contributed by atoms with Gasteiger partial charge >= 0.3 is 0 Å². The van der Waals surface area contributed by atoms with Crippen LogP contribution < -0.4 is 5.32 Å². The summed E-state index contributed by atoms with van der Waals surface area (Å²) in [5, 5.41) is 14.4. The molecule has 0 unspecified atom stereocenters. The summed E-state index contributed by atoms with van der Waals surface area (Å²) in [5.41, 5.74) is 1.26. The molecule has 2 aromatic carbocycles. The van der Waals surface area contributed by atoms with Gasteiger partial charge < -0.3 is 5.32 Å². The van der Waals surface area contributed by atoms with Crippen molar-refractivity contribution in [3.05, 3.63) is 69.7 Å². The number of nitrogens with one attached hydrogen (secondary N) is 1. The lowest BCUT2D eigenvalue weighted by Crippen LogP contribution is -2.09. The molecule has 3 aromatic rings. The number of aryl methyl sites for hydroxylation is 1. The number of aromatic nitrogens is 4. The third-order valence-electron chi connectivity index (χ3n) is 3.44. The molecule has 0 atom stereocenters. The van der Waals surface area contributed by atoms with Gasteiger partial charge in [0.25, 0.3) is 0 Å². The van der Waals surface area contributed by atoms with Crippen molar-refractivity contribution in [3.8, 4) is 5.69 Å². The number of benzene rings is 2. The summed E-state index contributed by atoms with van der Waals surface area (Å²) in [7, 11) is 0. The van der Waals surface area contributed by atoms with Crippen LogP contribution in [-0.4, -0.2) is 26.1 Å². The molecule has 1 heterocycles. The molecule has 0 aliphatic heterocycles. The lowest BCUT2D eigenvalue weighted by molar-refractivity contribution is -0.111. The highest BCUT2D eigenvalue weighted by Crippen LogP contribution is 2.23. The van der Waals surface area contributed by atoms with Gasteiger partial charge in [-0.1, -0.05) is 29.3 Å². The zero-order chi connectivity index (χ0) is 18.7. The Hall–Kier alpha value is -2.77. The number of nitrogens with zero attached hydrogens (tertiary/aromatic N) is 4. The minimum atomic E-state index is -0.509. The summed E-state index contributed by atoms with van der Waals surface area (Å²) in [5.74, 6) is -0.473. The lowest BCUT2D eigenvalue weighted by Gasteiger charge is -2.07. The molecule has 0 aliphatic rings. The topological polar surface area (TPSA) is 72.7 Å². The number of anilines is 1. The van der Waals surface area contributed by atoms with Crippen LogP contribution in [-0.2, 0) is 4.79 Å². The van der Waals surface area contributed by atoms with Gasteiger partial charge in [-0.3, -0.25) is 4.79 Å². The van der Waals surface area contributed by atoms with E-state index < -0.39 is 5.82 Å². The van der Waals surface area contributed by atoms with Crippen molar-refractivity contribution in [2.45, 2.75) is 6.92 Å². The van der Waals surface area contributed by atoms with Gasteiger partial charge in [0.2, 0.25) is 5.91 Å². The number of rotatable bonds is 4. The Balaban J connectivity index is 1.76. The van der Waals surface area contributed by atoms with Gasteiger partial charge in [0, 0.05) is 11.8 Å². The van der Waals surface area contributed by atoms with Crippen molar-refractivity contribution in [3.63, 3.8) is 0 Å². The number of amides is 1. The largest absolute Gasteiger partial charge is 0.322 e. The molecular weight excluding hydrogens is 380 g/mol. The summed E-state index contributed by atoms with van der Waals surface area (Å²) in [6, 6.07) is 9.14. The number of carbonyl (C=O) groups excluding carboxylic acids is 1. The van der Waals surface area contributed by atoms with Crippen molar-refractivity contribution in [1.29, 1.82) is 0 Å². The fraction of sp³-hybridized carbons (Fsp3) is 0.0588. The molecule has 0 radical (unpaired) electrons. The number of hydrogen-bond acceptors (Lipinski definition) is 4. The molecule has 0 bridgehead atoms. The second-order valence-electron chi connectivity index (χ2n) is 5.30. The normalized spacial score (nSPS) is 11.1. The van der Waals surface area contributed by atoms with Gasteiger partial charge in [0.1, 0.15) is 11.5 Å². The van der Waals surface area contributed by atoms with Gasteiger partial charge in [0.15, 0.2) is 5.82 Å². The average Bonchev–Trinajstić information content (AvgIpc) is 3.03. The molecule has 9 heteroatoms. The molecule has 6 nitrogen and oxygen atoms in total. The first-order valence-corrected chi connectivity index (χ1v) is 8.18. The van der Waals surface area contributed by atoms with E-state index in [1.54, 1.807) is 31.2 Å². The molecule has 0 spiro atoms. The van der Waals surface area contributed by atoms with Gasteiger partial charge in [-0.2, -0.15) is 4.68 Å². The van der Waals surface area contributed by atoms with E-state index in [2.05, 4.69) is 20.8 Å². The quantitative estimate of drug-likeness (QED) is 0.680. The van der Waals surface area contributed by atoms with Crippen molar-refractivity contribution in [1.82, 2.24) is 20.2 Å². The Morgan fingerprint density at radius 1 is 1.19 bits per heavy atom. The minimum Gasteiger partial charge on any atom is -0.322 e. The summed E-state index contributed by atoms with van der Waals surface area (Å²) < 4.78 is 15.3. The summed E-state index contributed by atoms with van der Waals surface area (Å²) in [4.78, 5) is 12.1. The molecule has 3 rings (SSSR count). The van der Waals surface area contributed by atoms with Crippen LogP contribution in [0.2, 0.25) is 10.0 Å². The van der Waals surface area contributed by atoms with Gasteiger partial charge in [-0.25, -0.2) is 4.39 Å². The maximum absolute atomic E-state index is 14.0. The Kier molecular flexibility index (Phi) is 5.29. The Morgan fingerprint density at radius 3 is 2.69 bits per heavy atom. The van der Waals surface area contributed by atoms with Crippen LogP contribution in [0.25, 0.3) is 11.8 Å². The van der Waals surface area contributed by atoms with E-state index in [1.165, 1.54) is 29.0 Å². The summed E-state index contributed by atoms with van der Waals surface area (Å²) in [6.45, 7) is 1.64. The fourth-order valence-corrected chi connectivity index (χ4v) is 2.49. The molecule has 1 N–H and O–H groups in total. The van der Waals surface area contributed by atoms with E-state index in [1.807, 2.05) is 0 Å². The molecule has 132 valence electrons. The fourth-order valence-electron chi connectivity index (χ4n) is 2.18. The predicted molar refractivity (Wildman–Crippen MR) is 98.0 cm³/mol. The third kappa shape index (κ3) is 4.07. The zero-order valence-electron chi connectivity index (χ0n) is 13.4. The second kappa shape index (κ2) is 7.63. The first-order chi connectivity index (χ1) is 12.4. The SMILES string of the molecule is Cc1nnnn1-c1cc(NC(=O)/C=C/c2ccc(Cl)c(Cl)c2)ccc1F. The van der Waals surface area contributed by atoms with E-state index in [-0.39, 0.29) is 11.6 Å². The number of carbonyl (C=O) groups is 1. The van der Waals surface area contributed by atoms with E-state index in [0.717, 1.165) is 5.56 Å². The monoisotopic (exact) mass is 391 g/mol. The minimum absolute atomic E-state index is 0.138. The number of tetrazole rings is 1. The maximum Gasteiger partial charge on any atom is 0.248 e. The molecule has 26 heavy (non-hydrogen) atoms. The highest BCUT2D eigenvalue weighted by Gasteiger charge is 2.11. The molecular formula is C17H12Cl2FN5O.